The van der Waals surface area contributed by atoms with Crippen LogP contribution in [0.1, 0.15) is 5.56 Å². The molecule has 0 atom stereocenters. The van der Waals surface area contributed by atoms with Crippen molar-refractivity contribution >= 4 is 28.9 Å². The zero-order valence-corrected chi connectivity index (χ0v) is 12.6. The molecule has 1 amide bonds. The van der Waals surface area contributed by atoms with Crippen molar-refractivity contribution in [1.29, 1.82) is 0 Å². The van der Waals surface area contributed by atoms with E-state index in [1.165, 1.54) is 12.1 Å². The number of nitrogens with zero attached hydrogens (tertiary/aromatic N) is 1. The van der Waals surface area contributed by atoms with Crippen molar-refractivity contribution in [1.82, 2.24) is 0 Å². The molecule has 110 valence electrons. The molecule has 0 heterocycles. The molecule has 0 radical (unpaired) electrons. The summed E-state index contributed by atoms with van der Waals surface area (Å²) in [7, 11) is 3.67. The van der Waals surface area contributed by atoms with E-state index in [9.17, 15) is 9.18 Å². The molecule has 2 aromatic rings. The molecule has 2 rings (SSSR count). The molecule has 3 nitrogen and oxygen atoms in total. The van der Waals surface area contributed by atoms with Gasteiger partial charge in [0.1, 0.15) is 5.82 Å². The summed E-state index contributed by atoms with van der Waals surface area (Å²) in [6.07, 6.45) is 0.209. The van der Waals surface area contributed by atoms with Crippen LogP contribution in [0.25, 0.3) is 0 Å². The molecule has 0 saturated heterocycles. The van der Waals surface area contributed by atoms with Crippen molar-refractivity contribution < 1.29 is 9.18 Å². The van der Waals surface area contributed by atoms with Crippen molar-refractivity contribution in [3.63, 3.8) is 0 Å². The summed E-state index contributed by atoms with van der Waals surface area (Å²) in [4.78, 5) is 13.9. The number of amides is 1. The van der Waals surface area contributed by atoms with Gasteiger partial charge in [-0.15, -0.1) is 0 Å². The summed E-state index contributed by atoms with van der Waals surface area (Å²) in [5.41, 5.74) is 2.06. The van der Waals surface area contributed by atoms with Gasteiger partial charge in [0.15, 0.2) is 0 Å². The van der Waals surface area contributed by atoms with Gasteiger partial charge in [0.05, 0.1) is 17.8 Å². The van der Waals surface area contributed by atoms with Gasteiger partial charge < -0.3 is 10.2 Å². The Balaban J connectivity index is 2.12. The fourth-order valence-corrected chi connectivity index (χ4v) is 2.11. The molecule has 0 unspecified atom stereocenters. The zero-order chi connectivity index (χ0) is 15.4. The molecule has 0 aliphatic heterocycles. The fourth-order valence-electron chi connectivity index (χ4n) is 1.98. The molecule has 0 bridgehead atoms. The third-order valence-corrected chi connectivity index (χ3v) is 3.24. The smallest absolute Gasteiger partial charge is 0.228 e. The van der Waals surface area contributed by atoms with Crippen molar-refractivity contribution in [3.05, 3.63) is 58.9 Å². The van der Waals surface area contributed by atoms with Crippen LogP contribution in [-0.4, -0.2) is 20.0 Å². The first kappa shape index (κ1) is 15.3. The first-order valence-electron chi connectivity index (χ1n) is 6.47. The van der Waals surface area contributed by atoms with Gasteiger partial charge in [-0.05, 0) is 35.9 Å². The standard InChI is InChI=1S/C16H16ClFN2O/c1-20(2)15-8-7-13(18)10-14(15)19-16(21)9-11-3-5-12(17)6-4-11/h3-8,10H,9H2,1-2H3,(H,19,21). The van der Waals surface area contributed by atoms with E-state index in [-0.39, 0.29) is 18.1 Å². The van der Waals surface area contributed by atoms with Crippen molar-refractivity contribution in [2.45, 2.75) is 6.42 Å². The Morgan fingerprint density at radius 3 is 2.48 bits per heavy atom. The number of hydrogen-bond donors (Lipinski definition) is 1. The Hall–Kier alpha value is -2.07. The van der Waals surface area contributed by atoms with Gasteiger partial charge in [0.25, 0.3) is 0 Å². The number of carbonyl (C=O) groups is 1. The highest BCUT2D eigenvalue weighted by atomic mass is 35.5. The largest absolute Gasteiger partial charge is 0.376 e. The lowest BCUT2D eigenvalue weighted by molar-refractivity contribution is -0.115. The third-order valence-electron chi connectivity index (χ3n) is 2.99. The molecule has 21 heavy (non-hydrogen) atoms. The number of anilines is 2. The number of benzene rings is 2. The summed E-state index contributed by atoms with van der Waals surface area (Å²) in [5.74, 6) is -0.589. The topological polar surface area (TPSA) is 32.3 Å². The summed E-state index contributed by atoms with van der Waals surface area (Å²) >= 11 is 5.80. The van der Waals surface area contributed by atoms with Gasteiger partial charge in [-0.3, -0.25) is 4.79 Å². The second-order valence-corrected chi connectivity index (χ2v) is 5.34. The van der Waals surface area contributed by atoms with Crippen LogP contribution in [0.4, 0.5) is 15.8 Å². The van der Waals surface area contributed by atoms with Gasteiger partial charge in [0.2, 0.25) is 5.91 Å². The van der Waals surface area contributed by atoms with Gasteiger partial charge >= 0.3 is 0 Å². The van der Waals surface area contributed by atoms with E-state index in [0.717, 1.165) is 11.3 Å². The summed E-state index contributed by atoms with van der Waals surface area (Å²) in [6, 6.07) is 11.4. The Bertz CT molecular complexity index is 641. The molecular formula is C16H16ClFN2O. The highest BCUT2D eigenvalue weighted by Gasteiger charge is 2.10. The van der Waals surface area contributed by atoms with Gasteiger partial charge in [-0.25, -0.2) is 4.39 Å². The van der Waals surface area contributed by atoms with Crippen LogP contribution in [0.5, 0.6) is 0 Å². The van der Waals surface area contributed by atoms with Crippen molar-refractivity contribution in [2.24, 2.45) is 0 Å². The summed E-state index contributed by atoms with van der Waals surface area (Å²) in [6.45, 7) is 0. The van der Waals surface area contributed by atoms with Crippen LogP contribution < -0.4 is 10.2 Å². The van der Waals surface area contributed by atoms with Crippen molar-refractivity contribution in [2.75, 3.05) is 24.3 Å². The minimum atomic E-state index is -0.387. The van der Waals surface area contributed by atoms with Crippen LogP contribution in [0.2, 0.25) is 5.02 Å². The molecule has 5 heteroatoms. The van der Waals surface area contributed by atoms with Gasteiger partial charge in [-0.1, -0.05) is 23.7 Å². The molecule has 0 spiro atoms. The molecule has 0 aliphatic carbocycles. The Morgan fingerprint density at radius 2 is 1.86 bits per heavy atom. The SMILES string of the molecule is CN(C)c1ccc(F)cc1NC(=O)Cc1ccc(Cl)cc1. The summed E-state index contributed by atoms with van der Waals surface area (Å²) in [5, 5.41) is 3.37. The lowest BCUT2D eigenvalue weighted by atomic mass is 10.1. The normalized spacial score (nSPS) is 10.3. The Kier molecular flexibility index (Phi) is 4.81. The zero-order valence-electron chi connectivity index (χ0n) is 11.9. The highest BCUT2D eigenvalue weighted by Crippen LogP contribution is 2.25. The maximum absolute atomic E-state index is 13.3. The van der Waals surface area contributed by atoms with Crippen molar-refractivity contribution in [3.8, 4) is 0 Å². The number of hydrogen-bond acceptors (Lipinski definition) is 2. The minimum absolute atomic E-state index is 0.203. The number of halogens is 2. The maximum atomic E-state index is 13.3. The average Bonchev–Trinajstić information content (AvgIpc) is 2.41. The van der Waals surface area contributed by atoms with E-state index >= 15 is 0 Å². The second-order valence-electron chi connectivity index (χ2n) is 4.91. The Morgan fingerprint density at radius 1 is 1.19 bits per heavy atom. The van der Waals surface area contributed by atoms with Crippen LogP contribution in [-0.2, 0) is 11.2 Å². The number of rotatable bonds is 4. The predicted octanol–water partition coefficient (Wildman–Crippen LogP) is 3.73. The highest BCUT2D eigenvalue weighted by molar-refractivity contribution is 6.30. The van der Waals surface area contributed by atoms with Crippen LogP contribution in [0, 0.1) is 5.82 Å². The lowest BCUT2D eigenvalue weighted by Crippen LogP contribution is -2.18. The van der Waals surface area contributed by atoms with E-state index < -0.39 is 0 Å². The summed E-state index contributed by atoms with van der Waals surface area (Å²) < 4.78 is 13.3. The molecule has 2 aromatic carbocycles. The molecule has 0 saturated carbocycles. The first-order chi connectivity index (χ1) is 9.95. The number of carbonyl (C=O) groups excluding carboxylic acids is 1. The fraction of sp³-hybridized carbons (Fsp3) is 0.188. The second kappa shape index (κ2) is 6.59. The first-order valence-corrected chi connectivity index (χ1v) is 6.84. The van der Waals surface area contributed by atoms with E-state index in [4.69, 9.17) is 11.6 Å². The molecule has 0 aromatic heterocycles. The van der Waals surface area contributed by atoms with E-state index in [1.54, 1.807) is 30.3 Å². The predicted molar refractivity (Wildman–Crippen MR) is 84.5 cm³/mol. The van der Waals surface area contributed by atoms with E-state index in [1.807, 2.05) is 19.0 Å². The van der Waals surface area contributed by atoms with Crippen LogP contribution >= 0.6 is 11.6 Å². The van der Waals surface area contributed by atoms with Gasteiger partial charge in [-0.2, -0.15) is 0 Å². The lowest BCUT2D eigenvalue weighted by Gasteiger charge is -2.18. The molecule has 0 fully saturated rings. The van der Waals surface area contributed by atoms with Gasteiger partial charge in [0, 0.05) is 19.1 Å². The molecule has 0 aliphatic rings. The molecule has 1 N–H and O–H groups in total. The minimum Gasteiger partial charge on any atom is -0.376 e. The van der Waals surface area contributed by atoms with Crippen LogP contribution in [0.3, 0.4) is 0 Å². The maximum Gasteiger partial charge on any atom is 0.228 e. The van der Waals surface area contributed by atoms with E-state index in [0.29, 0.717) is 10.7 Å². The third kappa shape index (κ3) is 4.20. The molecular weight excluding hydrogens is 291 g/mol. The van der Waals surface area contributed by atoms with E-state index in [2.05, 4.69) is 5.32 Å². The monoisotopic (exact) mass is 306 g/mol. The quantitative estimate of drug-likeness (QED) is 0.933. The average molecular weight is 307 g/mol. The van der Waals surface area contributed by atoms with Crippen LogP contribution in [0.15, 0.2) is 42.5 Å². The number of nitrogens with one attached hydrogen (secondary N) is 1. The Labute approximate surface area is 128 Å².